The number of carbonyl (C=O) groups is 1. The van der Waals surface area contributed by atoms with Crippen molar-refractivity contribution in [3.8, 4) is 0 Å². The zero-order valence-electron chi connectivity index (χ0n) is 36.8. The molecule has 0 spiro atoms. The molecule has 4 saturated carbocycles. The number of carboxylic acids is 1. The summed E-state index contributed by atoms with van der Waals surface area (Å²) in [6.45, 7) is 0. The van der Waals surface area contributed by atoms with Crippen LogP contribution in [0.1, 0.15) is 113 Å². The molecule has 63 heavy (non-hydrogen) atoms. The highest BCUT2D eigenvalue weighted by atomic mass is 16.4. The Morgan fingerprint density at radius 2 is 0.635 bits per heavy atom. The molecule has 10 nitrogen and oxygen atoms in total. The van der Waals surface area contributed by atoms with Gasteiger partial charge in [-0.25, -0.2) is 4.79 Å². The average Bonchev–Trinajstić information content (AvgIpc) is 4.06. The van der Waals surface area contributed by atoms with Crippen LogP contribution in [0, 0.1) is 47.3 Å². The molecule has 332 valence electrons. The molecule has 8 atom stereocenters. The van der Waals surface area contributed by atoms with Crippen molar-refractivity contribution >= 4 is 49.1 Å². The molecule has 14 rings (SSSR count). The van der Waals surface area contributed by atoms with Gasteiger partial charge in [-0.3, -0.25) is 42.5 Å². The molecule has 0 radical (unpaired) electrons. The van der Waals surface area contributed by atoms with Gasteiger partial charge in [0.1, 0.15) is 0 Å². The van der Waals surface area contributed by atoms with Crippen LogP contribution in [0.15, 0.2) is 66.7 Å². The third-order valence-electron chi connectivity index (χ3n) is 18.5. The number of fused-ring (bicyclic) bond motifs is 22. The van der Waals surface area contributed by atoms with Crippen LogP contribution >= 0.6 is 0 Å². The number of benzene rings is 5. The minimum atomic E-state index is -0.881. The second kappa shape index (κ2) is 16.2. The maximum Gasteiger partial charge on any atom is 0.336 e. The lowest BCUT2D eigenvalue weighted by Gasteiger charge is -2.35. The summed E-state index contributed by atoms with van der Waals surface area (Å²) in [6, 6.07) is 22.2. The zero-order valence-corrected chi connectivity index (χ0v) is 36.8. The number of carboxylic acid groups (broad SMARTS) is 1. The molecule has 10 heteroatoms. The van der Waals surface area contributed by atoms with Gasteiger partial charge in [-0.05, 0) is 142 Å². The van der Waals surface area contributed by atoms with E-state index in [0.29, 0.717) is 54.9 Å². The van der Waals surface area contributed by atoms with Gasteiger partial charge in [-0.2, -0.15) is 0 Å². The number of nitrogens with one attached hydrogen (secondary N) is 8. The van der Waals surface area contributed by atoms with Crippen LogP contribution in [0.2, 0.25) is 0 Å². The van der Waals surface area contributed by atoms with Gasteiger partial charge in [0.15, 0.2) is 0 Å². The first-order valence-electron chi connectivity index (χ1n) is 25.5. The minimum Gasteiger partial charge on any atom is -0.478 e. The molecule has 5 saturated heterocycles. The summed E-state index contributed by atoms with van der Waals surface area (Å²) in [7, 11) is 0. The van der Waals surface area contributed by atoms with E-state index in [4.69, 9.17) is 0 Å². The molecule has 4 aliphatic carbocycles. The topological polar surface area (TPSA) is 134 Å². The molecular weight excluding hydrogens is 781 g/mol. The predicted octanol–water partition coefficient (Wildman–Crippen LogP) is 8.04. The number of rotatable bonds is 1. The zero-order chi connectivity index (χ0) is 41.8. The lowest BCUT2D eigenvalue weighted by Crippen LogP contribution is -2.61. The molecule has 5 aromatic rings. The van der Waals surface area contributed by atoms with Crippen LogP contribution in [0.25, 0.3) is 43.1 Å². The standard InChI is InChI=1S/C32H56N8.C21H12O2/c1-2-10-18-17(9-1)25-33-26(18)38-28-21-13-5-6-14-22(21)30(35-28)40-32-24-16-8-7-15-23(24)31(36-32)39-29-20-12-4-3-11-19(20)27(34-29)37-25;22-21(23)17-11-10-13-6-2-8-15-14-7-1-4-12-5-3-9-16(18(12)14)20(17)19(13)15/h17-40H,1-16H2;1-11H,(H,22,23). The van der Waals surface area contributed by atoms with Crippen LogP contribution in [0.3, 0.4) is 0 Å². The Labute approximate surface area is 371 Å². The molecule has 0 aromatic heterocycles. The van der Waals surface area contributed by atoms with Crippen molar-refractivity contribution < 1.29 is 9.90 Å². The van der Waals surface area contributed by atoms with Gasteiger partial charge in [-0.15, -0.1) is 0 Å². The summed E-state index contributed by atoms with van der Waals surface area (Å²) < 4.78 is 0. The van der Waals surface area contributed by atoms with Crippen LogP contribution in [0.4, 0.5) is 0 Å². The maximum absolute atomic E-state index is 11.8. The first-order valence-corrected chi connectivity index (χ1v) is 25.5. The van der Waals surface area contributed by atoms with Crippen molar-refractivity contribution in [2.75, 3.05) is 0 Å². The van der Waals surface area contributed by atoms with Crippen LogP contribution in [-0.4, -0.2) is 60.4 Å². The highest BCUT2D eigenvalue weighted by molar-refractivity contribution is 6.35. The molecular formula is C53H68N8O2. The third-order valence-corrected chi connectivity index (χ3v) is 18.5. The molecule has 8 bridgehead atoms. The molecule has 5 heterocycles. The number of aromatic carboxylic acids is 1. The number of hydrogen-bond acceptors (Lipinski definition) is 9. The summed E-state index contributed by atoms with van der Waals surface area (Å²) >= 11 is 0. The Bertz CT molecular complexity index is 2280. The molecule has 9 N–H and O–H groups in total. The molecule has 9 fully saturated rings. The van der Waals surface area contributed by atoms with Crippen molar-refractivity contribution in [2.45, 2.75) is 152 Å². The van der Waals surface area contributed by atoms with Crippen LogP contribution in [-0.2, 0) is 0 Å². The fourth-order valence-electron chi connectivity index (χ4n) is 15.8. The molecule has 8 unspecified atom stereocenters. The third kappa shape index (κ3) is 6.67. The lowest BCUT2D eigenvalue weighted by atomic mass is 9.76. The SMILES string of the molecule is C1CCC2C3NC(NC4NC(NC5NC(NC6NC(N3)C3CCCCC63)C3CCCCC53)C3CCCCC43)C2C1.O=C(O)c1ccc2cccc3c4cccc5cccc(c1c23)c54. The van der Waals surface area contributed by atoms with Crippen LogP contribution < -0.4 is 42.5 Å². The Morgan fingerprint density at radius 1 is 0.349 bits per heavy atom. The Hall–Kier alpha value is -3.45. The van der Waals surface area contributed by atoms with E-state index >= 15 is 0 Å². The lowest BCUT2D eigenvalue weighted by molar-refractivity contribution is 0.0699. The predicted molar refractivity (Wildman–Crippen MR) is 252 cm³/mol. The van der Waals surface area contributed by atoms with E-state index in [1.807, 2.05) is 30.3 Å². The second-order valence-corrected chi connectivity index (χ2v) is 21.5. The summed E-state index contributed by atoms with van der Waals surface area (Å²) in [5, 5.41) is 52.0. The van der Waals surface area contributed by atoms with E-state index in [1.54, 1.807) is 6.07 Å². The van der Waals surface area contributed by atoms with E-state index in [2.05, 4.69) is 72.9 Å². The normalized spacial score (nSPS) is 40.9. The smallest absolute Gasteiger partial charge is 0.336 e. The van der Waals surface area contributed by atoms with Gasteiger partial charge < -0.3 is 5.11 Å². The summed E-state index contributed by atoms with van der Waals surface area (Å²) in [5.41, 5.74) is 0.368. The van der Waals surface area contributed by atoms with Crippen molar-refractivity contribution in [3.63, 3.8) is 0 Å². The Balaban J connectivity index is 0.000000148. The fraction of sp³-hybridized carbons (Fsp3) is 0.604. The van der Waals surface area contributed by atoms with E-state index < -0.39 is 5.97 Å². The van der Waals surface area contributed by atoms with Crippen molar-refractivity contribution in [2.24, 2.45) is 47.3 Å². The fourth-order valence-corrected chi connectivity index (χ4v) is 15.8. The van der Waals surface area contributed by atoms with E-state index in [0.717, 1.165) is 85.0 Å². The maximum atomic E-state index is 11.8. The van der Waals surface area contributed by atoms with E-state index in [-0.39, 0.29) is 0 Å². The monoisotopic (exact) mass is 849 g/mol. The largest absolute Gasteiger partial charge is 0.478 e. The summed E-state index contributed by atoms with van der Waals surface area (Å²) in [4.78, 5) is 11.8. The number of hydrogen-bond donors (Lipinski definition) is 9. The quantitative estimate of drug-likeness (QED) is 0.0604. The first-order chi connectivity index (χ1) is 31.1. The summed E-state index contributed by atoms with van der Waals surface area (Å²) in [5.74, 6) is 5.09. The van der Waals surface area contributed by atoms with Crippen molar-refractivity contribution in [3.05, 3.63) is 72.3 Å². The Kier molecular flexibility index (Phi) is 10.2. The van der Waals surface area contributed by atoms with Crippen LogP contribution in [0.5, 0.6) is 0 Å². The highest BCUT2D eigenvalue weighted by Gasteiger charge is 2.54. The van der Waals surface area contributed by atoms with Gasteiger partial charge in [0.05, 0.1) is 54.9 Å². The molecule has 5 aliphatic heterocycles. The van der Waals surface area contributed by atoms with Gasteiger partial charge in [0.2, 0.25) is 0 Å². The van der Waals surface area contributed by atoms with Crippen molar-refractivity contribution in [1.82, 2.24) is 42.5 Å². The van der Waals surface area contributed by atoms with E-state index in [1.165, 1.54) is 108 Å². The molecule has 0 amide bonds. The van der Waals surface area contributed by atoms with Crippen molar-refractivity contribution in [1.29, 1.82) is 0 Å². The van der Waals surface area contributed by atoms with Gasteiger partial charge >= 0.3 is 5.97 Å². The Morgan fingerprint density at radius 3 is 0.952 bits per heavy atom. The van der Waals surface area contributed by atoms with E-state index in [9.17, 15) is 9.90 Å². The van der Waals surface area contributed by atoms with Gasteiger partial charge in [-0.1, -0.05) is 112 Å². The highest BCUT2D eigenvalue weighted by Crippen LogP contribution is 2.46. The summed E-state index contributed by atoms with van der Waals surface area (Å²) in [6.07, 6.45) is 25.6. The van der Waals surface area contributed by atoms with Gasteiger partial charge in [0, 0.05) is 5.39 Å². The van der Waals surface area contributed by atoms with Gasteiger partial charge in [0.25, 0.3) is 0 Å². The second-order valence-electron chi connectivity index (χ2n) is 21.5. The minimum absolute atomic E-state index is 0.368. The first kappa shape index (κ1) is 39.9. The molecule has 9 aliphatic rings. The molecule has 5 aromatic carbocycles. The average molecular weight is 849 g/mol.